The molecule has 0 bridgehead atoms. The monoisotopic (exact) mass is 358 g/mol. The van der Waals surface area contributed by atoms with E-state index in [1.807, 2.05) is 48.5 Å². The molecule has 0 heterocycles. The molecule has 1 unspecified atom stereocenters. The van der Waals surface area contributed by atoms with Crippen molar-refractivity contribution in [1.82, 2.24) is 0 Å². The summed E-state index contributed by atoms with van der Waals surface area (Å²) < 4.78 is 5.98. The summed E-state index contributed by atoms with van der Waals surface area (Å²) in [6.07, 6.45) is 2.16. The van der Waals surface area contributed by atoms with Crippen LogP contribution in [0.2, 0.25) is 0 Å². The second-order valence-electron chi connectivity index (χ2n) is 7.01. The van der Waals surface area contributed by atoms with E-state index >= 15 is 0 Å². The van der Waals surface area contributed by atoms with Gasteiger partial charge >= 0.3 is 0 Å². The number of hydrogen-bond acceptors (Lipinski definition) is 3. The van der Waals surface area contributed by atoms with E-state index in [9.17, 15) is 9.90 Å². The Labute approximate surface area is 159 Å². The van der Waals surface area contributed by atoms with Crippen LogP contribution in [0.5, 0.6) is 11.5 Å². The number of carbonyl (C=O) groups excluding carboxylic acids is 1. The molecule has 0 radical (unpaired) electrons. The average molecular weight is 358 g/mol. The van der Waals surface area contributed by atoms with E-state index in [0.29, 0.717) is 18.8 Å². The lowest BCUT2D eigenvalue weighted by Crippen LogP contribution is -2.13. The standard InChI is InChI=1S/C24H22O3/c25-21-10-4-8-18(15-21)14-20-16-19-9-5-11-22(23(19)24(20)26)27-13-12-17-6-2-1-3-7-17/h1-11,15,20,25H,12-14,16H2. The number of benzene rings is 3. The maximum Gasteiger partial charge on any atom is 0.170 e. The molecule has 0 fully saturated rings. The van der Waals surface area contributed by atoms with Crippen LogP contribution in [0.4, 0.5) is 0 Å². The second kappa shape index (κ2) is 7.67. The van der Waals surface area contributed by atoms with Gasteiger partial charge in [0.1, 0.15) is 11.5 Å². The van der Waals surface area contributed by atoms with E-state index < -0.39 is 0 Å². The van der Waals surface area contributed by atoms with Crippen LogP contribution in [-0.2, 0) is 19.3 Å². The zero-order valence-electron chi connectivity index (χ0n) is 15.1. The SMILES string of the molecule is O=C1c2c(cccc2OCCc2ccccc2)CC1Cc1cccc(O)c1. The Bertz CT molecular complexity index is 947. The van der Waals surface area contributed by atoms with Crippen LogP contribution >= 0.6 is 0 Å². The highest BCUT2D eigenvalue weighted by molar-refractivity contribution is 6.04. The molecule has 0 saturated carbocycles. The molecule has 0 saturated heterocycles. The van der Waals surface area contributed by atoms with Crippen molar-refractivity contribution in [2.24, 2.45) is 5.92 Å². The van der Waals surface area contributed by atoms with Crippen LogP contribution in [0, 0.1) is 5.92 Å². The first-order valence-electron chi connectivity index (χ1n) is 9.31. The van der Waals surface area contributed by atoms with Gasteiger partial charge in [-0.2, -0.15) is 0 Å². The molecule has 3 heteroatoms. The molecule has 3 aromatic carbocycles. The first-order valence-corrected chi connectivity index (χ1v) is 9.31. The minimum absolute atomic E-state index is 0.0966. The summed E-state index contributed by atoms with van der Waals surface area (Å²) in [5.74, 6) is 0.969. The molecule has 3 nitrogen and oxygen atoms in total. The predicted octanol–water partition coefficient (Wildman–Crippen LogP) is 4.61. The molecule has 0 aromatic heterocycles. The van der Waals surface area contributed by atoms with Gasteiger partial charge in [-0.1, -0.05) is 54.6 Å². The number of fused-ring (bicyclic) bond motifs is 1. The third kappa shape index (κ3) is 3.87. The third-order valence-corrected chi connectivity index (χ3v) is 5.08. The molecule has 136 valence electrons. The van der Waals surface area contributed by atoms with Gasteiger partial charge in [0.15, 0.2) is 5.78 Å². The second-order valence-corrected chi connectivity index (χ2v) is 7.01. The zero-order chi connectivity index (χ0) is 18.6. The number of aromatic hydroxyl groups is 1. The normalized spacial score (nSPS) is 15.6. The lowest BCUT2D eigenvalue weighted by molar-refractivity contribution is 0.0933. The number of hydrogen-bond donors (Lipinski definition) is 1. The van der Waals surface area contributed by atoms with Crippen LogP contribution in [0.3, 0.4) is 0 Å². The Morgan fingerprint density at radius 2 is 1.70 bits per heavy atom. The van der Waals surface area contributed by atoms with Gasteiger partial charge < -0.3 is 9.84 Å². The number of Topliss-reactive ketones (excluding diaryl/α,β-unsaturated/α-hetero) is 1. The number of ether oxygens (including phenoxy) is 1. The van der Waals surface area contributed by atoms with E-state index in [1.54, 1.807) is 12.1 Å². The van der Waals surface area contributed by atoms with Gasteiger partial charge in [0.2, 0.25) is 0 Å². The van der Waals surface area contributed by atoms with Crippen molar-refractivity contribution in [3.05, 3.63) is 95.1 Å². The van der Waals surface area contributed by atoms with E-state index in [-0.39, 0.29) is 17.5 Å². The van der Waals surface area contributed by atoms with Gasteiger partial charge in [0.05, 0.1) is 12.2 Å². The zero-order valence-corrected chi connectivity index (χ0v) is 15.1. The van der Waals surface area contributed by atoms with Crippen LogP contribution in [0.25, 0.3) is 0 Å². The number of ketones is 1. The summed E-state index contributed by atoms with van der Waals surface area (Å²) in [6, 6.07) is 23.2. The number of phenols is 1. The van der Waals surface area contributed by atoms with Crippen molar-refractivity contribution in [1.29, 1.82) is 0 Å². The maximum absolute atomic E-state index is 13.0. The minimum Gasteiger partial charge on any atom is -0.508 e. The molecule has 3 aromatic rings. The summed E-state index contributed by atoms with van der Waals surface area (Å²) in [6.45, 7) is 0.547. The third-order valence-electron chi connectivity index (χ3n) is 5.08. The number of rotatable bonds is 6. The Hall–Kier alpha value is -3.07. The Balaban J connectivity index is 1.46. The van der Waals surface area contributed by atoms with Crippen LogP contribution in [0.15, 0.2) is 72.8 Å². The van der Waals surface area contributed by atoms with Crippen molar-refractivity contribution < 1.29 is 14.6 Å². The smallest absolute Gasteiger partial charge is 0.170 e. The van der Waals surface area contributed by atoms with E-state index in [4.69, 9.17) is 4.74 Å². The van der Waals surface area contributed by atoms with Gasteiger partial charge in [-0.25, -0.2) is 0 Å². The van der Waals surface area contributed by atoms with Crippen molar-refractivity contribution in [3.8, 4) is 11.5 Å². The molecule has 27 heavy (non-hydrogen) atoms. The lowest BCUT2D eigenvalue weighted by atomic mass is 9.95. The summed E-state index contributed by atoms with van der Waals surface area (Å²) in [4.78, 5) is 13.0. The highest BCUT2D eigenvalue weighted by Gasteiger charge is 2.33. The molecule has 0 spiro atoms. The molecule has 1 atom stereocenters. The van der Waals surface area contributed by atoms with Crippen molar-refractivity contribution >= 4 is 5.78 Å². The van der Waals surface area contributed by atoms with Crippen LogP contribution < -0.4 is 4.74 Å². The van der Waals surface area contributed by atoms with Crippen molar-refractivity contribution in [2.75, 3.05) is 6.61 Å². The molecular weight excluding hydrogens is 336 g/mol. The quantitative estimate of drug-likeness (QED) is 0.700. The summed E-state index contributed by atoms with van der Waals surface area (Å²) >= 11 is 0. The summed E-state index contributed by atoms with van der Waals surface area (Å²) in [5, 5.41) is 9.66. The fourth-order valence-corrected chi connectivity index (χ4v) is 3.77. The molecule has 1 aliphatic carbocycles. The molecule has 1 aliphatic rings. The van der Waals surface area contributed by atoms with Gasteiger partial charge in [-0.15, -0.1) is 0 Å². The van der Waals surface area contributed by atoms with Gasteiger partial charge in [-0.05, 0) is 47.7 Å². The fraction of sp³-hybridized carbons (Fsp3) is 0.208. The molecule has 4 rings (SSSR count). The first-order chi connectivity index (χ1) is 13.2. The fourth-order valence-electron chi connectivity index (χ4n) is 3.77. The van der Waals surface area contributed by atoms with Crippen LogP contribution in [-0.4, -0.2) is 17.5 Å². The van der Waals surface area contributed by atoms with Gasteiger partial charge in [0.25, 0.3) is 0 Å². The highest BCUT2D eigenvalue weighted by atomic mass is 16.5. The maximum atomic E-state index is 13.0. The molecule has 0 aliphatic heterocycles. The lowest BCUT2D eigenvalue weighted by Gasteiger charge is -2.11. The summed E-state index contributed by atoms with van der Waals surface area (Å²) in [7, 11) is 0. The van der Waals surface area contributed by atoms with Gasteiger partial charge in [-0.3, -0.25) is 4.79 Å². The van der Waals surface area contributed by atoms with E-state index in [1.165, 1.54) is 5.56 Å². The molecule has 0 amide bonds. The number of carbonyl (C=O) groups is 1. The predicted molar refractivity (Wildman–Crippen MR) is 105 cm³/mol. The Kier molecular flexibility index (Phi) is 4.93. The molecular formula is C24H22O3. The van der Waals surface area contributed by atoms with Gasteiger partial charge in [0, 0.05) is 12.3 Å². The average Bonchev–Trinajstić information content (AvgIpc) is 2.99. The topological polar surface area (TPSA) is 46.5 Å². The van der Waals surface area contributed by atoms with Crippen molar-refractivity contribution in [2.45, 2.75) is 19.3 Å². The molecule has 1 N–H and O–H groups in total. The Morgan fingerprint density at radius 3 is 2.52 bits per heavy atom. The first kappa shape index (κ1) is 17.3. The Morgan fingerprint density at radius 1 is 0.926 bits per heavy atom. The van der Waals surface area contributed by atoms with Crippen molar-refractivity contribution in [3.63, 3.8) is 0 Å². The van der Waals surface area contributed by atoms with Crippen LogP contribution in [0.1, 0.15) is 27.0 Å². The largest absolute Gasteiger partial charge is 0.508 e. The van der Waals surface area contributed by atoms with E-state index in [0.717, 1.165) is 29.5 Å². The minimum atomic E-state index is -0.0966. The summed E-state index contributed by atoms with van der Waals surface area (Å²) in [5.41, 5.74) is 3.99. The van der Waals surface area contributed by atoms with E-state index in [2.05, 4.69) is 12.1 Å². The highest BCUT2D eigenvalue weighted by Crippen LogP contribution is 2.35. The number of phenolic OH excluding ortho intramolecular Hbond substituents is 1.